The average molecular weight is 1260 g/mol. The zero-order valence-electron chi connectivity index (χ0n) is 52.1. The summed E-state index contributed by atoms with van der Waals surface area (Å²) in [5, 5.41) is 23.4. The van der Waals surface area contributed by atoms with Crippen LogP contribution in [0.5, 0.6) is 0 Å². The first kappa shape index (κ1) is 64.8. The van der Waals surface area contributed by atoms with Gasteiger partial charge in [0.15, 0.2) is 10.8 Å². The number of nitrogens with zero attached hydrogens (tertiary/aromatic N) is 6. The molecule has 3 atom stereocenters. The number of amides is 7. The molecule has 4 fully saturated rings. The van der Waals surface area contributed by atoms with Gasteiger partial charge in [-0.3, -0.25) is 49.0 Å². The van der Waals surface area contributed by atoms with Crippen LogP contribution in [-0.4, -0.2) is 135 Å². The van der Waals surface area contributed by atoms with Gasteiger partial charge in [-0.15, -0.1) is 0 Å². The van der Waals surface area contributed by atoms with Gasteiger partial charge in [-0.2, -0.15) is 0 Å². The maximum absolute atomic E-state index is 13.7. The maximum Gasteiger partial charge on any atom is 0.409 e. The number of carboxylic acid groups (broad SMARTS) is 1. The van der Waals surface area contributed by atoms with Crippen LogP contribution in [0.1, 0.15) is 131 Å². The lowest BCUT2D eigenvalue weighted by atomic mass is 9.39. The van der Waals surface area contributed by atoms with Crippen molar-refractivity contribution in [1.82, 2.24) is 35.4 Å². The summed E-state index contributed by atoms with van der Waals surface area (Å²) in [6.45, 7) is 11.1. The van der Waals surface area contributed by atoms with Crippen molar-refractivity contribution < 1.29 is 52.9 Å². The number of nitrogens with two attached hydrogens (primary N) is 1. The number of allylic oxidation sites excluding steroid dienone is 1. The number of anilines is 2. The molecule has 0 saturated heterocycles. The first-order valence-corrected chi connectivity index (χ1v) is 31.5. The highest BCUT2D eigenvalue weighted by Crippen LogP contribution is 2.71. The molecule has 3 unspecified atom stereocenters. The molecule has 3 aromatic carbocycles. The summed E-state index contributed by atoms with van der Waals surface area (Å²) in [4.78, 5) is 123. The van der Waals surface area contributed by atoms with E-state index in [1.165, 1.54) is 40.8 Å². The van der Waals surface area contributed by atoms with E-state index in [0.29, 0.717) is 99.8 Å². The van der Waals surface area contributed by atoms with E-state index in [0.717, 1.165) is 53.6 Å². The first-order chi connectivity index (χ1) is 43.4. The fraction of sp³-hybridized carbons (Fsp3) is 0.412. The molecule has 11 rings (SSSR count). The molecular formula is C68H77N11O11S. The summed E-state index contributed by atoms with van der Waals surface area (Å²) in [5.41, 5.74) is 10.1. The maximum atomic E-state index is 13.7. The summed E-state index contributed by atoms with van der Waals surface area (Å²) >= 11 is 1.37. The number of hydrogen-bond acceptors (Lipinski definition) is 16. The Balaban J connectivity index is 0.693. The van der Waals surface area contributed by atoms with Gasteiger partial charge >= 0.3 is 12.1 Å². The Bertz CT molecular complexity index is 3860. The number of aromatic nitrogens is 3. The number of aliphatic imine (C=N–C) groups is 1. The van der Waals surface area contributed by atoms with Crippen molar-refractivity contribution in [3.63, 3.8) is 0 Å². The van der Waals surface area contributed by atoms with E-state index in [-0.39, 0.29) is 77.6 Å². The molecule has 22 nitrogen and oxygen atoms in total. The number of para-hydroxylation sites is 1. The molecule has 0 spiro atoms. The van der Waals surface area contributed by atoms with E-state index in [1.54, 1.807) is 63.5 Å². The molecule has 4 aliphatic carbocycles. The zero-order valence-corrected chi connectivity index (χ0v) is 52.9. The highest BCUT2D eigenvalue weighted by atomic mass is 32.1. The molecule has 476 valence electrons. The second kappa shape index (κ2) is 27.1. The van der Waals surface area contributed by atoms with Crippen LogP contribution in [0.3, 0.4) is 0 Å². The van der Waals surface area contributed by atoms with Gasteiger partial charge in [-0.25, -0.2) is 19.6 Å². The predicted molar refractivity (Wildman–Crippen MR) is 347 cm³/mol. The van der Waals surface area contributed by atoms with Crippen molar-refractivity contribution in [2.75, 3.05) is 50.5 Å². The topological polar surface area (TPSA) is 307 Å². The minimum Gasteiger partial charge on any atom is -0.476 e. The van der Waals surface area contributed by atoms with Gasteiger partial charge in [0.05, 0.1) is 40.2 Å². The van der Waals surface area contributed by atoms with Gasteiger partial charge in [-0.1, -0.05) is 81.9 Å². The standard InChI is InChI=1S/C68H77N11O11S/c1-41(2)58(76-54(80)14-8-7-11-25-79-56(82)23-24-57(79)83)61(85)71-32-55(81)73-46-19-15-43(16-20-46)33-89-64(88)78(6)26-27-90-68-37-65(4)34-66(5,38-68)36-67(35-65,39-68)40-72-42(3)49(29-69)47-21-22-51(74-59(47)62(86)87)44-17-18-45-30-70-31-50(48(45)28-44)60(84)77-63-75-52-12-9-10-13-53(52)91-63/h9-10,12-13,15-24,28-31,41,58H,7-8,11,14,25-27,32-40,69H2,1-6H3,(H,71,85)(H,73,81)(H,76,80)(H,86,87)(H,75,77,84). The number of unbranched alkanes of at least 4 members (excludes halogenated alkanes) is 2. The van der Waals surface area contributed by atoms with Gasteiger partial charge < -0.3 is 41.2 Å². The summed E-state index contributed by atoms with van der Waals surface area (Å²) < 4.78 is 13.5. The minimum atomic E-state index is -1.24. The lowest BCUT2D eigenvalue weighted by molar-refractivity contribution is -0.242. The number of imide groups is 1. The van der Waals surface area contributed by atoms with Crippen molar-refractivity contribution in [2.24, 2.45) is 32.9 Å². The SMILES string of the molecule is CC(=NCC12CC3(C)CC(C)(C1)CC(OCCN(C)C(=O)OCc1ccc(NC(=O)CNC(=O)C(NC(=O)CCCCCN4C(=O)C=CC4=O)C(C)C)cc1)(C3)C2)C(=CN)c1ccc(-c2ccc3cncc(C(=O)Nc4nc5ccccc5s4)c3c2)nc1C(=O)O. The third-order valence-corrected chi connectivity index (χ3v) is 18.6. The van der Waals surface area contributed by atoms with Gasteiger partial charge in [-0.05, 0) is 134 Å². The van der Waals surface area contributed by atoms with Crippen LogP contribution in [0.25, 0.3) is 37.8 Å². The van der Waals surface area contributed by atoms with Gasteiger partial charge in [0.2, 0.25) is 17.7 Å². The Morgan fingerprint density at radius 2 is 1.58 bits per heavy atom. The number of carboxylic acids is 1. The van der Waals surface area contributed by atoms with E-state index < -0.39 is 35.5 Å². The molecule has 1 aliphatic heterocycles. The Kier molecular flexibility index (Phi) is 19.3. The Morgan fingerprint density at radius 3 is 2.29 bits per heavy atom. The number of carbonyl (C=O) groups excluding carboxylic acids is 7. The van der Waals surface area contributed by atoms with E-state index >= 15 is 0 Å². The number of pyridine rings is 2. The molecule has 3 aromatic heterocycles. The zero-order chi connectivity index (χ0) is 64.8. The van der Waals surface area contributed by atoms with Crippen molar-refractivity contribution >= 4 is 102 Å². The Labute approximate surface area is 531 Å². The highest BCUT2D eigenvalue weighted by Gasteiger charge is 2.66. The number of rotatable bonds is 26. The number of fused-ring (bicyclic) bond motifs is 2. The number of hydrogen-bond donors (Lipinski definition) is 6. The van der Waals surface area contributed by atoms with Crippen molar-refractivity contribution in [2.45, 2.75) is 117 Å². The third-order valence-electron chi connectivity index (χ3n) is 17.7. The van der Waals surface area contributed by atoms with Crippen LogP contribution in [0.15, 0.2) is 115 Å². The molecule has 6 aromatic rings. The molecule has 4 saturated carbocycles. The number of carbonyl (C=O) groups is 8. The molecular weight excluding hydrogens is 1180 g/mol. The summed E-state index contributed by atoms with van der Waals surface area (Å²) in [6, 6.07) is 22.4. The highest BCUT2D eigenvalue weighted by molar-refractivity contribution is 7.22. The van der Waals surface area contributed by atoms with Crippen molar-refractivity contribution in [3.05, 3.63) is 132 Å². The molecule has 0 radical (unpaired) electrons. The monoisotopic (exact) mass is 1260 g/mol. The number of aromatic carboxylic acids is 1. The van der Waals surface area contributed by atoms with Crippen LogP contribution >= 0.6 is 11.3 Å². The minimum absolute atomic E-state index is 0.00229. The van der Waals surface area contributed by atoms with Crippen LogP contribution in [0.4, 0.5) is 15.6 Å². The second-order valence-corrected chi connectivity index (χ2v) is 26.9. The van der Waals surface area contributed by atoms with Gasteiger partial charge in [0.1, 0.15) is 12.6 Å². The molecule has 5 aliphatic rings. The first-order valence-electron chi connectivity index (χ1n) is 30.7. The average Bonchev–Trinajstić information content (AvgIpc) is 0.984. The van der Waals surface area contributed by atoms with Gasteiger partial charge in [0, 0.05) is 97.3 Å². The normalized spacial score (nSPS) is 21.3. The van der Waals surface area contributed by atoms with Crippen LogP contribution < -0.4 is 27.0 Å². The molecule has 4 heterocycles. The smallest absolute Gasteiger partial charge is 0.409 e. The Morgan fingerprint density at radius 1 is 0.846 bits per heavy atom. The van der Waals surface area contributed by atoms with Crippen LogP contribution in [-0.2, 0) is 40.1 Å². The Hall–Kier alpha value is -9.22. The summed E-state index contributed by atoms with van der Waals surface area (Å²) in [7, 11) is 1.67. The molecule has 91 heavy (non-hydrogen) atoms. The summed E-state index contributed by atoms with van der Waals surface area (Å²) in [6.07, 6.45) is 13.9. The largest absolute Gasteiger partial charge is 0.476 e. The second-order valence-electron chi connectivity index (χ2n) is 25.9. The van der Waals surface area contributed by atoms with E-state index in [9.17, 15) is 43.5 Å². The molecule has 7 N–H and O–H groups in total. The lowest BCUT2D eigenvalue weighted by Gasteiger charge is -2.69. The number of likely N-dealkylation sites (N-methyl/N-ethyl adjacent to an activating group) is 1. The number of ether oxygens (including phenoxy) is 2. The quantitative estimate of drug-likeness (QED) is 0.0167. The van der Waals surface area contributed by atoms with Gasteiger partial charge in [0.25, 0.3) is 17.7 Å². The molecule has 7 amide bonds. The fourth-order valence-corrected chi connectivity index (χ4v) is 15.5. The van der Waals surface area contributed by atoms with Crippen LogP contribution in [0, 0.1) is 22.2 Å². The predicted octanol–water partition coefficient (Wildman–Crippen LogP) is 9.70. The van der Waals surface area contributed by atoms with E-state index in [2.05, 4.69) is 50.1 Å². The van der Waals surface area contributed by atoms with Crippen molar-refractivity contribution in [3.8, 4) is 11.3 Å². The van der Waals surface area contributed by atoms with E-state index in [4.69, 9.17) is 20.2 Å². The fourth-order valence-electron chi connectivity index (χ4n) is 14.6. The summed E-state index contributed by atoms with van der Waals surface area (Å²) in [5.74, 6) is -3.85. The number of benzene rings is 3. The van der Waals surface area contributed by atoms with Crippen molar-refractivity contribution in [1.29, 1.82) is 0 Å². The number of nitrogens with one attached hydrogen (secondary N) is 4. The molecule has 23 heteroatoms. The van der Waals surface area contributed by atoms with Crippen LogP contribution in [0.2, 0.25) is 0 Å². The lowest BCUT2D eigenvalue weighted by Crippen LogP contribution is -2.64. The third kappa shape index (κ3) is 15.2. The number of thiazole rings is 1. The van der Waals surface area contributed by atoms with E-state index in [1.807, 2.05) is 49.4 Å². The molecule has 4 bridgehead atoms.